The van der Waals surface area contributed by atoms with Crippen LogP contribution in [0.15, 0.2) is 28.1 Å². The van der Waals surface area contributed by atoms with Crippen molar-refractivity contribution in [2.24, 2.45) is 4.99 Å². The molecule has 0 atom stereocenters. The summed E-state index contributed by atoms with van der Waals surface area (Å²) in [6.07, 6.45) is 2.52. The van der Waals surface area contributed by atoms with Crippen LogP contribution in [0.2, 0.25) is 10.0 Å². The summed E-state index contributed by atoms with van der Waals surface area (Å²) in [6, 6.07) is 4.08. The van der Waals surface area contributed by atoms with E-state index in [2.05, 4.69) is 4.99 Å². The van der Waals surface area contributed by atoms with Gasteiger partial charge >= 0.3 is 0 Å². The Morgan fingerprint density at radius 3 is 2.20 bits per heavy atom. The SMILES string of the molecule is O=C=NC1CCN(S(=O)(=O)c2cc(Cl)cc(Cl)c2)CC1. The monoisotopic (exact) mass is 334 g/mol. The van der Waals surface area contributed by atoms with Gasteiger partial charge in [-0.15, -0.1) is 0 Å². The number of nitrogens with zero attached hydrogens (tertiary/aromatic N) is 2. The quantitative estimate of drug-likeness (QED) is 0.630. The van der Waals surface area contributed by atoms with Crippen LogP contribution in [-0.4, -0.2) is 37.9 Å². The first-order valence-corrected chi connectivity index (χ1v) is 8.16. The summed E-state index contributed by atoms with van der Waals surface area (Å²) < 4.78 is 26.3. The number of halogens is 2. The standard InChI is InChI=1S/C12H12Cl2N2O3S/c13-9-5-10(14)7-12(6-9)20(18,19)16-3-1-11(2-4-16)15-8-17/h5-7,11H,1-4H2. The minimum absolute atomic E-state index is 0.0762. The van der Waals surface area contributed by atoms with Crippen molar-refractivity contribution in [2.75, 3.05) is 13.1 Å². The average molecular weight is 335 g/mol. The Labute approximate surface area is 127 Å². The molecule has 1 aliphatic heterocycles. The maximum atomic E-state index is 12.5. The molecule has 0 spiro atoms. The second-order valence-electron chi connectivity index (χ2n) is 4.46. The highest BCUT2D eigenvalue weighted by Crippen LogP contribution is 2.27. The Kier molecular flexibility index (Phi) is 4.83. The second kappa shape index (κ2) is 6.24. The average Bonchev–Trinajstić information content (AvgIpc) is 2.38. The zero-order chi connectivity index (χ0) is 14.8. The number of aliphatic imine (C=N–C) groups is 1. The van der Waals surface area contributed by atoms with Crippen LogP contribution in [0, 0.1) is 0 Å². The van der Waals surface area contributed by atoms with Gasteiger partial charge < -0.3 is 0 Å². The highest BCUT2D eigenvalue weighted by Gasteiger charge is 2.29. The number of piperidine rings is 1. The Morgan fingerprint density at radius 1 is 1.15 bits per heavy atom. The third kappa shape index (κ3) is 3.40. The first-order chi connectivity index (χ1) is 9.43. The van der Waals surface area contributed by atoms with Crippen molar-refractivity contribution in [1.82, 2.24) is 4.31 Å². The summed E-state index contributed by atoms with van der Waals surface area (Å²) in [4.78, 5) is 13.9. The Bertz CT molecular complexity index is 628. The fraction of sp³-hybridized carbons (Fsp3) is 0.417. The van der Waals surface area contributed by atoms with Crippen molar-refractivity contribution in [3.05, 3.63) is 28.2 Å². The number of sulfonamides is 1. The lowest BCUT2D eigenvalue weighted by molar-refractivity contribution is 0.320. The minimum atomic E-state index is -3.62. The molecule has 0 aromatic heterocycles. The van der Waals surface area contributed by atoms with Crippen LogP contribution in [0.4, 0.5) is 0 Å². The van der Waals surface area contributed by atoms with Crippen molar-refractivity contribution in [1.29, 1.82) is 0 Å². The van der Waals surface area contributed by atoms with E-state index in [9.17, 15) is 13.2 Å². The number of hydrogen-bond acceptors (Lipinski definition) is 4. The van der Waals surface area contributed by atoms with E-state index in [-0.39, 0.29) is 21.0 Å². The molecule has 0 saturated carbocycles. The molecule has 0 bridgehead atoms. The fourth-order valence-electron chi connectivity index (χ4n) is 2.11. The molecule has 1 aliphatic rings. The van der Waals surface area contributed by atoms with Crippen LogP contribution in [-0.2, 0) is 14.8 Å². The lowest BCUT2D eigenvalue weighted by Gasteiger charge is -2.28. The molecule has 1 saturated heterocycles. The summed E-state index contributed by atoms with van der Waals surface area (Å²) in [7, 11) is -3.62. The first kappa shape index (κ1) is 15.5. The van der Waals surface area contributed by atoms with Crippen molar-refractivity contribution >= 4 is 39.3 Å². The molecule has 0 N–H and O–H groups in total. The fourth-order valence-corrected chi connectivity index (χ4v) is 4.31. The van der Waals surface area contributed by atoms with Gasteiger partial charge in [-0.25, -0.2) is 18.2 Å². The van der Waals surface area contributed by atoms with E-state index >= 15 is 0 Å². The Morgan fingerprint density at radius 2 is 1.70 bits per heavy atom. The molecule has 20 heavy (non-hydrogen) atoms. The molecule has 108 valence electrons. The second-order valence-corrected chi connectivity index (χ2v) is 7.27. The van der Waals surface area contributed by atoms with E-state index in [4.69, 9.17) is 23.2 Å². The molecule has 0 radical (unpaired) electrons. The summed E-state index contributed by atoms with van der Waals surface area (Å²) in [5.41, 5.74) is 0. The lowest BCUT2D eigenvalue weighted by Crippen LogP contribution is -2.39. The minimum Gasteiger partial charge on any atom is -0.211 e. The van der Waals surface area contributed by atoms with E-state index in [1.165, 1.54) is 28.6 Å². The molecule has 2 rings (SSSR count). The molecule has 5 nitrogen and oxygen atoms in total. The third-order valence-electron chi connectivity index (χ3n) is 3.13. The van der Waals surface area contributed by atoms with Crippen LogP contribution >= 0.6 is 23.2 Å². The van der Waals surface area contributed by atoms with Gasteiger partial charge in [-0.2, -0.15) is 4.31 Å². The van der Waals surface area contributed by atoms with Crippen molar-refractivity contribution in [3.8, 4) is 0 Å². The van der Waals surface area contributed by atoms with E-state index < -0.39 is 10.0 Å². The molecule has 0 unspecified atom stereocenters. The predicted molar refractivity (Wildman–Crippen MR) is 76.4 cm³/mol. The molecule has 0 amide bonds. The molecular formula is C12H12Cl2N2O3S. The summed E-state index contributed by atoms with van der Waals surface area (Å²) in [6.45, 7) is 0.616. The number of carbonyl (C=O) groups excluding carboxylic acids is 1. The largest absolute Gasteiger partial charge is 0.243 e. The highest BCUT2D eigenvalue weighted by atomic mass is 35.5. The van der Waals surface area contributed by atoms with Gasteiger partial charge in [-0.1, -0.05) is 23.2 Å². The van der Waals surface area contributed by atoms with Crippen LogP contribution < -0.4 is 0 Å². The van der Waals surface area contributed by atoms with Crippen molar-refractivity contribution < 1.29 is 13.2 Å². The maximum Gasteiger partial charge on any atom is 0.243 e. The smallest absolute Gasteiger partial charge is 0.211 e. The number of benzene rings is 1. The van der Waals surface area contributed by atoms with Gasteiger partial charge in [0.1, 0.15) is 0 Å². The highest BCUT2D eigenvalue weighted by molar-refractivity contribution is 7.89. The lowest BCUT2D eigenvalue weighted by atomic mass is 10.1. The molecule has 0 aliphatic carbocycles. The van der Waals surface area contributed by atoms with Crippen molar-refractivity contribution in [3.63, 3.8) is 0 Å². The number of rotatable bonds is 3. The zero-order valence-electron chi connectivity index (χ0n) is 10.4. The molecule has 8 heteroatoms. The number of isocyanates is 1. The van der Waals surface area contributed by atoms with Crippen LogP contribution in [0.3, 0.4) is 0 Å². The Hall–Kier alpha value is -0.910. The van der Waals surface area contributed by atoms with Crippen LogP contribution in [0.1, 0.15) is 12.8 Å². The van der Waals surface area contributed by atoms with Gasteiger partial charge in [0.25, 0.3) is 0 Å². The van der Waals surface area contributed by atoms with Gasteiger partial charge in [0.05, 0.1) is 10.9 Å². The maximum absolute atomic E-state index is 12.5. The number of hydrogen-bond donors (Lipinski definition) is 0. The van der Waals surface area contributed by atoms with E-state index in [0.717, 1.165) is 0 Å². The van der Waals surface area contributed by atoms with Crippen LogP contribution in [0.25, 0.3) is 0 Å². The third-order valence-corrected chi connectivity index (χ3v) is 5.45. The summed E-state index contributed by atoms with van der Waals surface area (Å²) in [5.74, 6) is 0. The van der Waals surface area contributed by atoms with Crippen LogP contribution in [0.5, 0.6) is 0 Å². The topological polar surface area (TPSA) is 66.8 Å². The molecule has 1 aromatic rings. The summed E-state index contributed by atoms with van der Waals surface area (Å²) >= 11 is 11.7. The predicted octanol–water partition coefficient (Wildman–Crippen LogP) is 2.48. The molecule has 1 fully saturated rings. The zero-order valence-corrected chi connectivity index (χ0v) is 12.7. The van der Waals surface area contributed by atoms with Gasteiger partial charge in [-0.05, 0) is 31.0 Å². The van der Waals surface area contributed by atoms with E-state index in [0.29, 0.717) is 25.9 Å². The normalized spacial score (nSPS) is 17.7. The summed E-state index contributed by atoms with van der Waals surface area (Å²) in [5, 5.41) is 0.549. The van der Waals surface area contributed by atoms with Gasteiger partial charge in [0.15, 0.2) is 0 Å². The van der Waals surface area contributed by atoms with Gasteiger partial charge in [-0.3, -0.25) is 0 Å². The van der Waals surface area contributed by atoms with E-state index in [1.807, 2.05) is 0 Å². The van der Waals surface area contributed by atoms with E-state index in [1.54, 1.807) is 0 Å². The van der Waals surface area contributed by atoms with Gasteiger partial charge in [0.2, 0.25) is 16.1 Å². The Balaban J connectivity index is 2.21. The molecular weight excluding hydrogens is 323 g/mol. The molecule has 1 heterocycles. The molecule has 1 aromatic carbocycles. The van der Waals surface area contributed by atoms with Crippen molar-refractivity contribution in [2.45, 2.75) is 23.8 Å². The van der Waals surface area contributed by atoms with Gasteiger partial charge in [0, 0.05) is 23.1 Å². The first-order valence-electron chi connectivity index (χ1n) is 5.96.